The van der Waals surface area contributed by atoms with E-state index < -0.39 is 11.4 Å². The molecule has 148 valence electrons. The molecule has 2 aromatic heterocycles. The number of ether oxygens (including phenoxy) is 1. The minimum atomic E-state index is -0.497. The van der Waals surface area contributed by atoms with Crippen molar-refractivity contribution >= 4 is 34.1 Å². The van der Waals surface area contributed by atoms with E-state index >= 15 is 0 Å². The fraction of sp³-hybridized carbons (Fsp3) is 0.150. The summed E-state index contributed by atoms with van der Waals surface area (Å²) in [4.78, 5) is 16.4. The number of aromatic nitrogens is 4. The highest BCUT2D eigenvalue weighted by Gasteiger charge is 2.13. The summed E-state index contributed by atoms with van der Waals surface area (Å²) in [5.74, 6) is -0.0735. The van der Waals surface area contributed by atoms with Gasteiger partial charge in [-0.1, -0.05) is 17.7 Å². The number of rotatable bonds is 5. The zero-order valence-electron chi connectivity index (χ0n) is 15.7. The number of benzene rings is 2. The summed E-state index contributed by atoms with van der Waals surface area (Å²) in [6.07, 6.45) is 3.30. The Bertz CT molecular complexity index is 1270. The summed E-state index contributed by atoms with van der Waals surface area (Å²) < 4.78 is 20.3. The van der Waals surface area contributed by atoms with Gasteiger partial charge in [0.2, 0.25) is 11.7 Å². The summed E-state index contributed by atoms with van der Waals surface area (Å²) >= 11 is 5.90. The van der Waals surface area contributed by atoms with Crippen molar-refractivity contribution in [1.29, 1.82) is 0 Å². The van der Waals surface area contributed by atoms with Crippen LogP contribution in [0.1, 0.15) is 11.1 Å². The summed E-state index contributed by atoms with van der Waals surface area (Å²) in [5, 5.41) is 11.2. The third-order valence-electron chi connectivity index (χ3n) is 4.55. The van der Waals surface area contributed by atoms with Gasteiger partial charge in [0.1, 0.15) is 5.82 Å². The molecule has 9 heteroatoms. The molecule has 0 fully saturated rings. The van der Waals surface area contributed by atoms with Crippen molar-refractivity contribution in [3.05, 3.63) is 75.0 Å². The SMILES string of the molecule is COc1cn(Cc2ccc(F)c(Cl)c2)c(Nc2cc3[nH]ncc3cc2C)nc1=O. The normalized spacial score (nSPS) is 11.0. The Labute approximate surface area is 170 Å². The number of hydrogen-bond donors (Lipinski definition) is 2. The van der Waals surface area contributed by atoms with Gasteiger partial charge in [-0.2, -0.15) is 10.1 Å². The number of halogens is 2. The molecule has 0 saturated carbocycles. The lowest BCUT2D eigenvalue weighted by Gasteiger charge is -2.16. The molecule has 0 bridgehead atoms. The first-order chi connectivity index (χ1) is 13.9. The second-order valence-electron chi connectivity index (χ2n) is 6.56. The Morgan fingerprint density at radius 3 is 2.90 bits per heavy atom. The van der Waals surface area contributed by atoms with E-state index in [2.05, 4.69) is 20.5 Å². The third kappa shape index (κ3) is 3.79. The maximum Gasteiger partial charge on any atom is 0.316 e. The van der Waals surface area contributed by atoms with Crippen LogP contribution in [0.25, 0.3) is 10.9 Å². The molecule has 0 aliphatic rings. The van der Waals surface area contributed by atoms with E-state index in [-0.39, 0.29) is 10.8 Å². The summed E-state index contributed by atoms with van der Waals surface area (Å²) in [7, 11) is 1.40. The van der Waals surface area contributed by atoms with E-state index in [1.54, 1.807) is 23.0 Å². The Kier molecular flexibility index (Phi) is 4.94. The first kappa shape index (κ1) is 18.9. The van der Waals surface area contributed by atoms with Crippen LogP contribution in [0, 0.1) is 12.7 Å². The first-order valence-electron chi connectivity index (χ1n) is 8.75. The fourth-order valence-electron chi connectivity index (χ4n) is 3.03. The number of anilines is 2. The topological polar surface area (TPSA) is 84.8 Å². The first-order valence-corrected chi connectivity index (χ1v) is 9.12. The van der Waals surface area contributed by atoms with Crippen molar-refractivity contribution in [3.8, 4) is 5.75 Å². The van der Waals surface area contributed by atoms with Gasteiger partial charge in [-0.05, 0) is 42.3 Å². The highest BCUT2D eigenvalue weighted by molar-refractivity contribution is 6.30. The lowest BCUT2D eigenvalue weighted by molar-refractivity contribution is 0.402. The van der Waals surface area contributed by atoms with E-state index in [4.69, 9.17) is 16.3 Å². The van der Waals surface area contributed by atoms with Crippen LogP contribution in [0.3, 0.4) is 0 Å². The Morgan fingerprint density at radius 2 is 2.14 bits per heavy atom. The Hall–Kier alpha value is -3.39. The second kappa shape index (κ2) is 7.56. The molecule has 2 aromatic carbocycles. The van der Waals surface area contributed by atoms with Crippen molar-refractivity contribution in [2.45, 2.75) is 13.5 Å². The molecule has 29 heavy (non-hydrogen) atoms. The van der Waals surface area contributed by atoms with Gasteiger partial charge in [-0.15, -0.1) is 0 Å². The van der Waals surface area contributed by atoms with E-state index in [1.807, 2.05) is 19.1 Å². The predicted molar refractivity (Wildman–Crippen MR) is 110 cm³/mol. The number of nitrogens with zero attached hydrogens (tertiary/aromatic N) is 3. The number of aromatic amines is 1. The lowest BCUT2D eigenvalue weighted by atomic mass is 10.1. The second-order valence-corrected chi connectivity index (χ2v) is 6.97. The average molecular weight is 414 g/mol. The van der Waals surface area contributed by atoms with Crippen molar-refractivity contribution in [1.82, 2.24) is 19.7 Å². The molecule has 0 amide bonds. The van der Waals surface area contributed by atoms with Crippen molar-refractivity contribution in [2.75, 3.05) is 12.4 Å². The summed E-state index contributed by atoms with van der Waals surface area (Å²) in [6, 6.07) is 8.33. The third-order valence-corrected chi connectivity index (χ3v) is 4.84. The van der Waals surface area contributed by atoms with E-state index in [0.29, 0.717) is 12.5 Å². The van der Waals surface area contributed by atoms with Crippen LogP contribution in [0.4, 0.5) is 16.0 Å². The lowest BCUT2D eigenvalue weighted by Crippen LogP contribution is -2.19. The van der Waals surface area contributed by atoms with Crippen LogP contribution < -0.4 is 15.6 Å². The Morgan fingerprint density at radius 1 is 1.31 bits per heavy atom. The predicted octanol–water partition coefficient (Wildman–Crippen LogP) is 4.02. The van der Waals surface area contributed by atoms with Crippen molar-refractivity contribution in [2.24, 2.45) is 0 Å². The maximum atomic E-state index is 13.5. The average Bonchev–Trinajstić information content (AvgIpc) is 3.14. The van der Waals surface area contributed by atoms with Gasteiger partial charge < -0.3 is 14.6 Å². The van der Waals surface area contributed by atoms with Gasteiger partial charge in [0, 0.05) is 11.1 Å². The molecule has 0 unspecified atom stereocenters. The highest BCUT2D eigenvalue weighted by Crippen LogP contribution is 2.25. The van der Waals surface area contributed by atoms with Gasteiger partial charge in [0.25, 0.3) is 0 Å². The maximum absolute atomic E-state index is 13.5. The van der Waals surface area contributed by atoms with Gasteiger partial charge >= 0.3 is 5.56 Å². The molecule has 7 nitrogen and oxygen atoms in total. The molecule has 2 N–H and O–H groups in total. The zero-order valence-corrected chi connectivity index (χ0v) is 16.4. The molecule has 4 aromatic rings. The van der Waals surface area contributed by atoms with Crippen LogP contribution in [-0.4, -0.2) is 26.9 Å². The molecule has 0 aliphatic heterocycles. The van der Waals surface area contributed by atoms with E-state index in [1.165, 1.54) is 19.2 Å². The van der Waals surface area contributed by atoms with Crippen molar-refractivity contribution < 1.29 is 9.13 Å². The standard InChI is InChI=1S/C20H17ClFN5O2/c1-11-5-13-8-23-26-17(13)7-16(11)24-20-25-19(28)18(29-2)10-27(20)9-12-3-4-15(22)14(21)6-12/h3-8,10H,9H2,1-2H3,(H,23,26)(H,24,25,28). The largest absolute Gasteiger partial charge is 0.490 e. The Balaban J connectivity index is 1.76. The van der Waals surface area contributed by atoms with E-state index in [0.717, 1.165) is 27.7 Å². The summed E-state index contributed by atoms with van der Waals surface area (Å²) in [6.45, 7) is 2.25. The molecule has 0 aliphatic carbocycles. The molecule has 0 radical (unpaired) electrons. The number of methoxy groups -OCH3 is 1. The van der Waals surface area contributed by atoms with Gasteiger partial charge in [-0.25, -0.2) is 4.39 Å². The number of fused-ring (bicyclic) bond motifs is 1. The van der Waals surface area contributed by atoms with Gasteiger partial charge in [0.15, 0.2) is 0 Å². The number of nitrogens with one attached hydrogen (secondary N) is 2. The zero-order chi connectivity index (χ0) is 20.5. The fourth-order valence-corrected chi connectivity index (χ4v) is 3.23. The van der Waals surface area contributed by atoms with Crippen LogP contribution in [0.2, 0.25) is 5.02 Å². The number of aryl methyl sites for hydroxylation is 1. The molecule has 0 saturated heterocycles. The summed E-state index contributed by atoms with van der Waals surface area (Å²) in [5.41, 5.74) is 2.83. The quantitative estimate of drug-likeness (QED) is 0.516. The molecular formula is C20H17ClFN5O2. The van der Waals surface area contributed by atoms with Crippen LogP contribution >= 0.6 is 11.6 Å². The molecule has 0 atom stereocenters. The van der Waals surface area contributed by atoms with Crippen molar-refractivity contribution in [3.63, 3.8) is 0 Å². The van der Waals surface area contributed by atoms with Crippen LogP contribution in [0.15, 0.2) is 47.5 Å². The molecule has 4 rings (SSSR count). The number of H-pyrrole nitrogens is 1. The van der Waals surface area contributed by atoms with Gasteiger partial charge in [-0.3, -0.25) is 9.89 Å². The van der Waals surface area contributed by atoms with Crippen LogP contribution in [-0.2, 0) is 6.54 Å². The van der Waals surface area contributed by atoms with E-state index in [9.17, 15) is 9.18 Å². The highest BCUT2D eigenvalue weighted by atomic mass is 35.5. The smallest absolute Gasteiger partial charge is 0.316 e. The minimum absolute atomic E-state index is 0.0264. The molecule has 2 heterocycles. The number of hydrogen-bond acceptors (Lipinski definition) is 5. The monoisotopic (exact) mass is 413 g/mol. The molecule has 0 spiro atoms. The van der Waals surface area contributed by atoms with Crippen LogP contribution in [0.5, 0.6) is 5.75 Å². The molecular weight excluding hydrogens is 397 g/mol. The van der Waals surface area contributed by atoms with Gasteiger partial charge in [0.05, 0.1) is 36.6 Å². The minimum Gasteiger partial charge on any atom is -0.490 e.